The Bertz CT molecular complexity index is 594. The molecule has 0 aromatic heterocycles. The van der Waals surface area contributed by atoms with E-state index in [9.17, 15) is 4.79 Å². The summed E-state index contributed by atoms with van der Waals surface area (Å²) < 4.78 is 11.1. The minimum absolute atomic E-state index is 0.0616. The average Bonchev–Trinajstić information content (AvgIpc) is 2.47. The molecule has 3 nitrogen and oxygen atoms in total. The summed E-state index contributed by atoms with van der Waals surface area (Å²) in [5.41, 5.74) is 1.18. The number of carbonyl (C=O) groups is 1. The lowest BCUT2D eigenvalue weighted by Gasteiger charge is -2.11. The number of methoxy groups -OCH3 is 2. The van der Waals surface area contributed by atoms with Gasteiger partial charge in [-0.1, -0.05) is 30.3 Å². The molecule has 0 atom stereocenters. The molecule has 0 bridgehead atoms. The van der Waals surface area contributed by atoms with Gasteiger partial charge in [-0.25, -0.2) is 0 Å². The Hall–Kier alpha value is -1.81. The Balaban J connectivity index is 2.48. The summed E-state index contributed by atoms with van der Waals surface area (Å²) in [5.74, 6) is 1.05. The lowest BCUT2D eigenvalue weighted by Crippen LogP contribution is -2.03. The molecular weight excluding hydrogens is 308 g/mol. The molecule has 0 N–H and O–H groups in total. The number of benzene rings is 2. The highest BCUT2D eigenvalue weighted by Gasteiger charge is 2.16. The Kier molecular flexibility index (Phi) is 4.22. The van der Waals surface area contributed by atoms with Crippen molar-refractivity contribution in [1.29, 1.82) is 0 Å². The van der Waals surface area contributed by atoms with Crippen LogP contribution < -0.4 is 9.47 Å². The van der Waals surface area contributed by atoms with Crippen molar-refractivity contribution in [2.75, 3.05) is 14.2 Å². The third-order valence-electron chi connectivity index (χ3n) is 2.75. The molecule has 2 aromatic carbocycles. The molecule has 0 aliphatic heterocycles. The van der Waals surface area contributed by atoms with Gasteiger partial charge in [-0.3, -0.25) is 4.79 Å². The van der Waals surface area contributed by atoms with E-state index in [4.69, 9.17) is 9.47 Å². The first-order valence-electron chi connectivity index (χ1n) is 5.68. The van der Waals surface area contributed by atoms with Crippen LogP contribution in [0.25, 0.3) is 0 Å². The Labute approximate surface area is 120 Å². The van der Waals surface area contributed by atoms with Crippen molar-refractivity contribution in [1.82, 2.24) is 0 Å². The molecule has 0 unspecified atom stereocenters. The van der Waals surface area contributed by atoms with Crippen LogP contribution in [0.15, 0.2) is 46.9 Å². The Morgan fingerprint density at radius 2 is 1.58 bits per heavy atom. The molecule has 98 valence electrons. The lowest BCUT2D eigenvalue weighted by atomic mass is 10.0. The monoisotopic (exact) mass is 320 g/mol. The van der Waals surface area contributed by atoms with Gasteiger partial charge in [0.2, 0.25) is 0 Å². The van der Waals surface area contributed by atoms with Crippen molar-refractivity contribution in [2.45, 2.75) is 0 Å². The minimum Gasteiger partial charge on any atom is -0.493 e. The SMILES string of the molecule is COc1cc(Br)c(C(=O)c2ccccc2)cc1OC. The first-order chi connectivity index (χ1) is 9.17. The molecule has 4 heteroatoms. The van der Waals surface area contributed by atoms with Crippen molar-refractivity contribution in [3.63, 3.8) is 0 Å². The maximum absolute atomic E-state index is 12.4. The second-order valence-electron chi connectivity index (χ2n) is 3.88. The van der Waals surface area contributed by atoms with E-state index in [0.29, 0.717) is 27.1 Å². The van der Waals surface area contributed by atoms with Gasteiger partial charge in [-0.15, -0.1) is 0 Å². The number of hydrogen-bond donors (Lipinski definition) is 0. The summed E-state index contributed by atoms with van der Waals surface area (Å²) in [6.07, 6.45) is 0. The summed E-state index contributed by atoms with van der Waals surface area (Å²) >= 11 is 3.39. The van der Waals surface area contributed by atoms with Crippen LogP contribution in [0.3, 0.4) is 0 Å². The van der Waals surface area contributed by atoms with Crippen molar-refractivity contribution < 1.29 is 14.3 Å². The molecule has 19 heavy (non-hydrogen) atoms. The molecule has 2 rings (SSSR count). The van der Waals surface area contributed by atoms with Crippen LogP contribution in [-0.4, -0.2) is 20.0 Å². The zero-order valence-electron chi connectivity index (χ0n) is 10.6. The van der Waals surface area contributed by atoms with E-state index in [1.165, 1.54) is 0 Å². The standard InChI is InChI=1S/C15H13BrO3/c1-18-13-8-11(12(16)9-14(13)19-2)15(17)10-6-4-3-5-7-10/h3-9H,1-2H3. The summed E-state index contributed by atoms with van der Waals surface area (Å²) in [5, 5.41) is 0. The maximum atomic E-state index is 12.4. The predicted octanol–water partition coefficient (Wildman–Crippen LogP) is 3.70. The van der Waals surface area contributed by atoms with Gasteiger partial charge in [0.1, 0.15) is 0 Å². The van der Waals surface area contributed by atoms with E-state index < -0.39 is 0 Å². The van der Waals surface area contributed by atoms with E-state index in [-0.39, 0.29) is 5.78 Å². The van der Waals surface area contributed by atoms with Gasteiger partial charge in [0.15, 0.2) is 17.3 Å². The van der Waals surface area contributed by atoms with Gasteiger partial charge >= 0.3 is 0 Å². The average molecular weight is 321 g/mol. The molecule has 0 saturated heterocycles. The molecule has 0 radical (unpaired) electrons. The highest BCUT2D eigenvalue weighted by Crippen LogP contribution is 2.34. The van der Waals surface area contributed by atoms with Gasteiger partial charge in [0, 0.05) is 15.6 Å². The maximum Gasteiger partial charge on any atom is 0.194 e. The highest BCUT2D eigenvalue weighted by molar-refractivity contribution is 9.10. The minimum atomic E-state index is -0.0616. The van der Waals surface area contributed by atoms with E-state index in [1.54, 1.807) is 38.5 Å². The van der Waals surface area contributed by atoms with E-state index in [0.717, 1.165) is 0 Å². The van der Waals surface area contributed by atoms with Gasteiger partial charge in [0.25, 0.3) is 0 Å². The van der Waals surface area contributed by atoms with E-state index >= 15 is 0 Å². The van der Waals surface area contributed by atoms with Gasteiger partial charge in [-0.2, -0.15) is 0 Å². The van der Waals surface area contributed by atoms with Crippen LogP contribution in [-0.2, 0) is 0 Å². The summed E-state index contributed by atoms with van der Waals surface area (Å²) in [6, 6.07) is 12.5. The molecule has 0 fully saturated rings. The number of ketones is 1. The number of ether oxygens (including phenoxy) is 2. The molecule has 0 amide bonds. The molecule has 0 spiro atoms. The third kappa shape index (κ3) is 2.79. The Morgan fingerprint density at radius 3 is 2.16 bits per heavy atom. The quantitative estimate of drug-likeness (QED) is 0.806. The largest absolute Gasteiger partial charge is 0.493 e. The van der Waals surface area contributed by atoms with Crippen LogP contribution in [0.5, 0.6) is 11.5 Å². The first-order valence-corrected chi connectivity index (χ1v) is 6.48. The van der Waals surface area contributed by atoms with Crippen LogP contribution in [0.4, 0.5) is 0 Å². The zero-order chi connectivity index (χ0) is 13.8. The van der Waals surface area contributed by atoms with E-state index in [1.807, 2.05) is 18.2 Å². The number of rotatable bonds is 4. The molecule has 0 aliphatic carbocycles. The van der Waals surface area contributed by atoms with E-state index in [2.05, 4.69) is 15.9 Å². The first kappa shape index (κ1) is 13.6. The summed E-state index contributed by atoms with van der Waals surface area (Å²) in [6.45, 7) is 0. The number of halogens is 1. The second-order valence-corrected chi connectivity index (χ2v) is 4.74. The predicted molar refractivity (Wildman–Crippen MR) is 77.1 cm³/mol. The molecule has 0 aliphatic rings. The van der Waals surface area contributed by atoms with Crippen molar-refractivity contribution >= 4 is 21.7 Å². The highest BCUT2D eigenvalue weighted by atomic mass is 79.9. The van der Waals surface area contributed by atoms with Crippen molar-refractivity contribution in [3.8, 4) is 11.5 Å². The van der Waals surface area contributed by atoms with Crippen LogP contribution in [0.2, 0.25) is 0 Å². The Morgan fingerprint density at radius 1 is 1.00 bits per heavy atom. The zero-order valence-corrected chi connectivity index (χ0v) is 12.2. The fourth-order valence-corrected chi connectivity index (χ4v) is 2.28. The number of carbonyl (C=O) groups excluding carboxylic acids is 1. The topological polar surface area (TPSA) is 35.5 Å². The fourth-order valence-electron chi connectivity index (χ4n) is 1.77. The smallest absolute Gasteiger partial charge is 0.194 e. The molecular formula is C15H13BrO3. The van der Waals surface area contributed by atoms with Crippen LogP contribution in [0.1, 0.15) is 15.9 Å². The van der Waals surface area contributed by atoms with Crippen LogP contribution in [0, 0.1) is 0 Å². The number of hydrogen-bond acceptors (Lipinski definition) is 3. The van der Waals surface area contributed by atoms with Crippen molar-refractivity contribution in [3.05, 3.63) is 58.1 Å². The normalized spacial score (nSPS) is 10.1. The summed E-state index contributed by atoms with van der Waals surface area (Å²) in [4.78, 5) is 12.4. The van der Waals surface area contributed by atoms with Gasteiger partial charge < -0.3 is 9.47 Å². The van der Waals surface area contributed by atoms with Gasteiger partial charge in [0.05, 0.1) is 14.2 Å². The fraction of sp³-hybridized carbons (Fsp3) is 0.133. The molecule has 0 saturated carbocycles. The van der Waals surface area contributed by atoms with Crippen molar-refractivity contribution in [2.24, 2.45) is 0 Å². The second kappa shape index (κ2) is 5.89. The third-order valence-corrected chi connectivity index (χ3v) is 3.41. The van der Waals surface area contributed by atoms with Gasteiger partial charge in [-0.05, 0) is 28.1 Å². The van der Waals surface area contributed by atoms with Crippen LogP contribution >= 0.6 is 15.9 Å². The lowest BCUT2D eigenvalue weighted by molar-refractivity contribution is 0.103. The molecule has 2 aromatic rings. The summed E-state index contributed by atoms with van der Waals surface area (Å²) in [7, 11) is 3.10. The molecule has 0 heterocycles.